The average Bonchev–Trinajstić information content (AvgIpc) is 2.95. The highest BCUT2D eigenvalue weighted by Crippen LogP contribution is 2.30. The topological polar surface area (TPSA) is 67.9 Å². The number of urea groups is 1. The lowest BCUT2D eigenvalue weighted by Crippen LogP contribution is -2.30. The molecule has 6 nitrogen and oxygen atoms in total. The molecule has 0 aliphatic carbocycles. The van der Waals surface area contributed by atoms with E-state index in [2.05, 4.69) is 5.32 Å². The van der Waals surface area contributed by atoms with Crippen LogP contribution in [0.4, 0.5) is 4.79 Å². The minimum absolute atomic E-state index is 0.252. The maximum atomic E-state index is 12.2. The Labute approximate surface area is 158 Å². The van der Waals surface area contributed by atoms with Crippen molar-refractivity contribution in [3.05, 3.63) is 65.4 Å². The van der Waals surface area contributed by atoms with Crippen molar-refractivity contribution in [3.63, 3.8) is 0 Å². The highest BCUT2D eigenvalue weighted by atomic mass is 16.5. The van der Waals surface area contributed by atoms with Gasteiger partial charge < -0.3 is 14.8 Å². The van der Waals surface area contributed by atoms with E-state index >= 15 is 0 Å². The smallest absolute Gasteiger partial charge is 0.328 e. The van der Waals surface area contributed by atoms with Crippen LogP contribution in [0, 0.1) is 0 Å². The molecule has 1 fully saturated rings. The van der Waals surface area contributed by atoms with Crippen LogP contribution < -0.4 is 14.8 Å². The summed E-state index contributed by atoms with van der Waals surface area (Å²) in [7, 11) is 0. The Morgan fingerprint density at radius 2 is 1.78 bits per heavy atom. The summed E-state index contributed by atoms with van der Waals surface area (Å²) in [6.07, 6.45) is 1.64. The second-order valence-corrected chi connectivity index (χ2v) is 5.95. The molecule has 0 atom stereocenters. The predicted octanol–water partition coefficient (Wildman–Crippen LogP) is 3.58. The summed E-state index contributed by atoms with van der Waals surface area (Å²) in [5, 5.41) is 2.59. The van der Waals surface area contributed by atoms with Gasteiger partial charge >= 0.3 is 6.03 Å². The minimum atomic E-state index is -0.401. The zero-order chi connectivity index (χ0) is 19.2. The zero-order valence-corrected chi connectivity index (χ0v) is 15.4. The summed E-state index contributed by atoms with van der Waals surface area (Å²) < 4.78 is 11.6. The number of nitrogens with zero attached hydrogens (tertiary/aromatic N) is 1. The Bertz CT molecular complexity index is 862. The molecule has 0 spiro atoms. The lowest BCUT2D eigenvalue weighted by atomic mass is 10.1. The van der Waals surface area contributed by atoms with E-state index in [9.17, 15) is 9.59 Å². The fourth-order valence-electron chi connectivity index (χ4n) is 2.76. The van der Waals surface area contributed by atoms with E-state index in [4.69, 9.17) is 9.47 Å². The van der Waals surface area contributed by atoms with Crippen LogP contribution in [-0.4, -0.2) is 30.0 Å². The van der Waals surface area contributed by atoms with Crippen molar-refractivity contribution in [3.8, 4) is 11.5 Å². The number of carbonyl (C=O) groups excluding carboxylic acids is 2. The lowest BCUT2D eigenvalue weighted by molar-refractivity contribution is -0.122. The molecule has 27 heavy (non-hydrogen) atoms. The van der Waals surface area contributed by atoms with Crippen LogP contribution in [0.15, 0.2) is 54.2 Å². The van der Waals surface area contributed by atoms with Crippen molar-refractivity contribution in [2.24, 2.45) is 0 Å². The van der Waals surface area contributed by atoms with Gasteiger partial charge in [0.2, 0.25) is 0 Å². The number of benzene rings is 2. The number of hydrogen-bond acceptors (Lipinski definition) is 4. The molecule has 1 saturated heterocycles. The molecule has 0 unspecified atom stereocenters. The van der Waals surface area contributed by atoms with E-state index in [1.54, 1.807) is 25.1 Å². The maximum Gasteiger partial charge on any atom is 0.328 e. The van der Waals surface area contributed by atoms with Crippen LogP contribution in [0.5, 0.6) is 11.5 Å². The molecule has 6 heteroatoms. The van der Waals surface area contributed by atoms with Crippen LogP contribution in [0.2, 0.25) is 0 Å². The molecule has 2 aromatic rings. The molecule has 2 aromatic carbocycles. The molecular weight excluding hydrogens is 344 g/mol. The molecule has 3 rings (SSSR count). The summed E-state index contributed by atoms with van der Waals surface area (Å²) in [6, 6.07) is 14.9. The van der Waals surface area contributed by atoms with Gasteiger partial charge in [0.1, 0.15) is 12.3 Å². The Morgan fingerprint density at radius 1 is 1.00 bits per heavy atom. The average molecular weight is 366 g/mol. The Hall–Kier alpha value is -3.28. The van der Waals surface area contributed by atoms with Crippen LogP contribution in [0.1, 0.15) is 25.0 Å². The first kappa shape index (κ1) is 18.5. The van der Waals surface area contributed by atoms with Crippen molar-refractivity contribution in [2.45, 2.75) is 20.5 Å². The molecule has 0 radical (unpaired) electrons. The number of imide groups is 1. The SMILES string of the molecule is CCOc1cc(/C=C2/NC(=O)N(CC)C2=O)ccc1OCc1ccccc1. The third-order valence-electron chi connectivity index (χ3n) is 4.09. The van der Waals surface area contributed by atoms with Gasteiger partial charge in [-0.05, 0) is 43.2 Å². The van der Waals surface area contributed by atoms with Gasteiger partial charge in [0.25, 0.3) is 5.91 Å². The van der Waals surface area contributed by atoms with Crippen molar-refractivity contribution < 1.29 is 19.1 Å². The summed E-state index contributed by atoms with van der Waals surface area (Å²) in [6.45, 7) is 4.90. The van der Waals surface area contributed by atoms with Crippen LogP contribution >= 0.6 is 0 Å². The molecule has 1 heterocycles. The van der Waals surface area contributed by atoms with Crippen molar-refractivity contribution in [2.75, 3.05) is 13.2 Å². The molecule has 0 aromatic heterocycles. The summed E-state index contributed by atoms with van der Waals surface area (Å²) in [5.74, 6) is 0.886. The van der Waals surface area contributed by atoms with Gasteiger partial charge in [0.15, 0.2) is 11.5 Å². The van der Waals surface area contributed by atoms with E-state index in [-0.39, 0.29) is 11.6 Å². The zero-order valence-electron chi connectivity index (χ0n) is 15.4. The highest BCUT2D eigenvalue weighted by Gasteiger charge is 2.32. The Balaban J connectivity index is 1.80. The third-order valence-corrected chi connectivity index (χ3v) is 4.09. The molecule has 3 amide bonds. The molecule has 0 saturated carbocycles. The van der Waals surface area contributed by atoms with Gasteiger partial charge in [-0.3, -0.25) is 9.69 Å². The number of rotatable bonds is 7. The lowest BCUT2D eigenvalue weighted by Gasteiger charge is -2.13. The van der Waals surface area contributed by atoms with Gasteiger partial charge in [-0.2, -0.15) is 0 Å². The number of nitrogens with one attached hydrogen (secondary N) is 1. The standard InChI is InChI=1S/C21H22N2O4/c1-3-23-20(24)17(22-21(23)25)12-16-10-11-18(19(13-16)26-4-2)27-14-15-8-6-5-7-9-15/h5-13H,3-4,14H2,1-2H3,(H,22,25)/b17-12+. The number of carbonyl (C=O) groups is 2. The molecule has 0 bridgehead atoms. The van der Waals surface area contributed by atoms with E-state index < -0.39 is 6.03 Å². The molecule has 140 valence electrons. The fraction of sp³-hybridized carbons (Fsp3) is 0.238. The number of amides is 3. The van der Waals surface area contributed by atoms with Crippen molar-refractivity contribution in [1.82, 2.24) is 10.2 Å². The third kappa shape index (κ3) is 4.28. The van der Waals surface area contributed by atoms with E-state index in [0.717, 1.165) is 16.0 Å². The second kappa shape index (κ2) is 8.40. The molecular formula is C21H22N2O4. The monoisotopic (exact) mass is 366 g/mol. The van der Waals surface area contributed by atoms with Crippen LogP contribution in [0.3, 0.4) is 0 Å². The van der Waals surface area contributed by atoms with Crippen LogP contribution in [-0.2, 0) is 11.4 Å². The number of ether oxygens (including phenoxy) is 2. The Morgan fingerprint density at radius 3 is 2.44 bits per heavy atom. The Kier molecular flexibility index (Phi) is 5.76. The molecule has 1 aliphatic heterocycles. The summed E-state index contributed by atoms with van der Waals surface area (Å²) >= 11 is 0. The maximum absolute atomic E-state index is 12.2. The van der Waals surface area contributed by atoms with Crippen LogP contribution in [0.25, 0.3) is 6.08 Å². The normalized spacial score (nSPS) is 15.2. The fourth-order valence-corrected chi connectivity index (χ4v) is 2.76. The highest BCUT2D eigenvalue weighted by molar-refractivity contribution is 6.13. The minimum Gasteiger partial charge on any atom is -0.490 e. The largest absolute Gasteiger partial charge is 0.490 e. The van der Waals surface area contributed by atoms with Gasteiger partial charge in [-0.15, -0.1) is 0 Å². The summed E-state index contributed by atoms with van der Waals surface area (Å²) in [5.41, 5.74) is 2.06. The van der Waals surface area contributed by atoms with Crippen molar-refractivity contribution in [1.29, 1.82) is 0 Å². The van der Waals surface area contributed by atoms with Gasteiger partial charge in [0.05, 0.1) is 6.61 Å². The molecule has 1 aliphatic rings. The first-order valence-electron chi connectivity index (χ1n) is 8.90. The first-order valence-corrected chi connectivity index (χ1v) is 8.90. The quantitative estimate of drug-likeness (QED) is 0.601. The van der Waals surface area contributed by atoms with Gasteiger partial charge in [-0.25, -0.2) is 4.79 Å². The van der Waals surface area contributed by atoms with E-state index in [1.807, 2.05) is 43.3 Å². The first-order chi connectivity index (χ1) is 13.1. The van der Waals surface area contributed by atoms with Gasteiger partial charge in [0, 0.05) is 6.54 Å². The number of hydrogen-bond donors (Lipinski definition) is 1. The van der Waals surface area contributed by atoms with Gasteiger partial charge in [-0.1, -0.05) is 36.4 Å². The predicted molar refractivity (Wildman–Crippen MR) is 102 cm³/mol. The summed E-state index contributed by atoms with van der Waals surface area (Å²) in [4.78, 5) is 25.1. The van der Waals surface area contributed by atoms with Crippen molar-refractivity contribution >= 4 is 18.0 Å². The van der Waals surface area contributed by atoms with E-state index in [1.165, 1.54) is 0 Å². The molecule has 1 N–H and O–H groups in total. The van der Waals surface area contributed by atoms with E-state index in [0.29, 0.717) is 31.3 Å². The second-order valence-electron chi connectivity index (χ2n) is 5.95. The number of likely N-dealkylation sites (N-methyl/N-ethyl adjacent to an activating group) is 1.